The van der Waals surface area contributed by atoms with Crippen LogP contribution in [0.5, 0.6) is 0 Å². The van der Waals surface area contributed by atoms with Gasteiger partial charge in [0, 0.05) is 0 Å². The second-order valence-electron chi connectivity index (χ2n) is 0.920. The molecule has 0 aromatic carbocycles. The molecule has 0 rings (SSSR count). The van der Waals surface area contributed by atoms with Crippen molar-refractivity contribution >= 4 is 25.8 Å². The second kappa shape index (κ2) is 2.05. The number of hydrogen-bond acceptors (Lipinski definition) is 1. The van der Waals surface area contributed by atoms with Crippen LogP contribution in [-0.2, 0) is 3.74 Å². The van der Waals surface area contributed by atoms with Crippen molar-refractivity contribution in [1.82, 2.24) is 0 Å². The quantitative estimate of drug-likeness (QED) is 0.550. The van der Waals surface area contributed by atoms with Crippen LogP contribution >= 0.6 is 11.6 Å². The summed E-state index contributed by atoms with van der Waals surface area (Å²) in [4.78, 5) is 0. The summed E-state index contributed by atoms with van der Waals surface area (Å²) in [7, 11) is 0. The molecule has 0 heterocycles. The van der Waals surface area contributed by atoms with Crippen LogP contribution in [0.2, 0.25) is 0 Å². The van der Waals surface area contributed by atoms with E-state index in [1.165, 1.54) is 0 Å². The van der Waals surface area contributed by atoms with E-state index in [2.05, 4.69) is 6.58 Å². The summed E-state index contributed by atoms with van der Waals surface area (Å²) < 4.78 is 25.4. The zero-order valence-electron chi connectivity index (χ0n) is 3.33. The van der Waals surface area contributed by atoms with E-state index in [0.717, 1.165) is 0 Å². The van der Waals surface area contributed by atoms with Gasteiger partial charge in [-0.15, -0.1) is 0 Å². The molecule has 0 amide bonds. The SMILES string of the molecule is C=C(Cl)[As](=O)(O)O. The fraction of sp³-hybridized carbons (Fsp3) is 0. The summed E-state index contributed by atoms with van der Waals surface area (Å²) in [5.41, 5.74) is 0. The predicted molar refractivity (Wildman–Crippen MR) is 25.9 cm³/mol. The number of rotatable bonds is 1. The summed E-state index contributed by atoms with van der Waals surface area (Å²) >= 11 is 0.117. The van der Waals surface area contributed by atoms with Gasteiger partial charge in [-0.05, 0) is 0 Å². The van der Waals surface area contributed by atoms with E-state index in [1.807, 2.05) is 0 Å². The summed E-state index contributed by atoms with van der Waals surface area (Å²) in [5.74, 6) is 0. The van der Waals surface area contributed by atoms with E-state index in [4.69, 9.17) is 19.8 Å². The van der Waals surface area contributed by atoms with Crippen LogP contribution in [0, 0.1) is 0 Å². The van der Waals surface area contributed by atoms with Gasteiger partial charge in [0.15, 0.2) is 0 Å². The Morgan fingerprint density at radius 3 is 1.86 bits per heavy atom. The van der Waals surface area contributed by atoms with Crippen molar-refractivity contribution in [2.24, 2.45) is 0 Å². The molecule has 42 valence electrons. The van der Waals surface area contributed by atoms with Crippen molar-refractivity contribution < 1.29 is 11.9 Å². The van der Waals surface area contributed by atoms with Gasteiger partial charge < -0.3 is 0 Å². The molecule has 0 aliphatic heterocycles. The molecule has 7 heavy (non-hydrogen) atoms. The summed E-state index contributed by atoms with van der Waals surface area (Å²) in [6, 6.07) is 0. The topological polar surface area (TPSA) is 57.5 Å². The third kappa shape index (κ3) is 2.94. The van der Waals surface area contributed by atoms with Gasteiger partial charge in [-0.2, -0.15) is 0 Å². The molecule has 0 aliphatic carbocycles. The Bertz CT molecular complexity index is 125. The Morgan fingerprint density at radius 1 is 1.71 bits per heavy atom. The fourth-order valence-corrected chi connectivity index (χ4v) is 0. The van der Waals surface area contributed by atoms with Crippen LogP contribution < -0.4 is 0 Å². The molecule has 0 atom stereocenters. The standard InChI is InChI=1S/C2H4AsClO3/c1-2(4)3(5,6)7/h1H2,(H2,5,6,7). The van der Waals surface area contributed by atoms with Crippen LogP contribution in [0.1, 0.15) is 0 Å². The second-order valence-corrected chi connectivity index (χ2v) is 5.37. The van der Waals surface area contributed by atoms with Gasteiger partial charge >= 0.3 is 48.1 Å². The first-order chi connectivity index (χ1) is 2.94. The van der Waals surface area contributed by atoms with Crippen LogP contribution in [-0.4, -0.2) is 22.4 Å². The normalized spacial score (nSPS) is 11.3. The Kier molecular flexibility index (Phi) is 2.14. The third-order valence-corrected chi connectivity index (χ3v) is 2.79. The average molecular weight is 186 g/mol. The Hall–Kier alpha value is 0.308. The molecular formula is C2H4AsClO3. The van der Waals surface area contributed by atoms with Gasteiger partial charge in [0.25, 0.3) is 0 Å². The summed E-state index contributed by atoms with van der Waals surface area (Å²) in [6.45, 7) is 2.86. The molecule has 0 fully saturated rings. The minimum atomic E-state index is -4.71. The maximum absolute atomic E-state index is 9.85. The Morgan fingerprint density at radius 2 is 1.86 bits per heavy atom. The van der Waals surface area contributed by atoms with Crippen molar-refractivity contribution in [3.8, 4) is 0 Å². The molecule has 0 radical (unpaired) electrons. The first-order valence-electron chi connectivity index (χ1n) is 1.35. The van der Waals surface area contributed by atoms with E-state index in [-0.39, 0.29) is 0 Å². The molecule has 0 aliphatic rings. The van der Waals surface area contributed by atoms with Crippen molar-refractivity contribution in [3.05, 3.63) is 10.4 Å². The Labute approximate surface area is 48.6 Å². The van der Waals surface area contributed by atoms with Gasteiger partial charge in [0.05, 0.1) is 0 Å². The van der Waals surface area contributed by atoms with E-state index in [9.17, 15) is 3.74 Å². The first-order valence-corrected chi connectivity index (χ1v) is 5.11. The van der Waals surface area contributed by atoms with Crippen molar-refractivity contribution in [1.29, 1.82) is 0 Å². The predicted octanol–water partition coefficient (Wildman–Crippen LogP) is -0.368. The molecule has 0 spiro atoms. The van der Waals surface area contributed by atoms with Crippen LogP contribution in [0.3, 0.4) is 0 Å². The molecule has 0 saturated carbocycles. The van der Waals surface area contributed by atoms with Crippen LogP contribution in [0.4, 0.5) is 0 Å². The maximum atomic E-state index is 9.85. The molecule has 0 bridgehead atoms. The molecule has 0 unspecified atom stereocenters. The van der Waals surface area contributed by atoms with Crippen LogP contribution in [0.25, 0.3) is 0 Å². The van der Waals surface area contributed by atoms with Gasteiger partial charge in [0.2, 0.25) is 0 Å². The third-order valence-electron chi connectivity index (χ3n) is 0.316. The van der Waals surface area contributed by atoms with Crippen molar-refractivity contribution in [3.63, 3.8) is 0 Å². The van der Waals surface area contributed by atoms with E-state index >= 15 is 0 Å². The van der Waals surface area contributed by atoms with E-state index in [0.29, 0.717) is 0 Å². The number of halogens is 1. The van der Waals surface area contributed by atoms with Gasteiger partial charge in [-0.25, -0.2) is 0 Å². The molecule has 0 aromatic heterocycles. The zero-order chi connectivity index (χ0) is 6.08. The van der Waals surface area contributed by atoms with Crippen molar-refractivity contribution in [2.75, 3.05) is 0 Å². The molecule has 2 N–H and O–H groups in total. The molecule has 0 aromatic rings. The van der Waals surface area contributed by atoms with Gasteiger partial charge in [-0.1, -0.05) is 0 Å². The summed E-state index contributed by atoms with van der Waals surface area (Å²) in [6.07, 6.45) is 0. The molecule has 3 nitrogen and oxygen atoms in total. The first kappa shape index (κ1) is 7.31. The molecule has 0 saturated heterocycles. The van der Waals surface area contributed by atoms with Crippen molar-refractivity contribution in [2.45, 2.75) is 0 Å². The minimum absolute atomic E-state index is 0.557. The van der Waals surface area contributed by atoms with Crippen LogP contribution in [0.15, 0.2) is 10.4 Å². The summed E-state index contributed by atoms with van der Waals surface area (Å²) in [5, 5.41) is 0. The van der Waals surface area contributed by atoms with E-state index in [1.54, 1.807) is 0 Å². The fourth-order valence-electron chi connectivity index (χ4n) is 0. The monoisotopic (exact) mass is 186 g/mol. The Balaban J connectivity index is 4.09. The number of hydrogen-bond donors (Lipinski definition) is 2. The zero-order valence-corrected chi connectivity index (χ0v) is 5.97. The van der Waals surface area contributed by atoms with Gasteiger partial charge in [0.1, 0.15) is 0 Å². The average Bonchev–Trinajstić information content (AvgIpc) is 1.31. The molecule has 5 heteroatoms. The molecular weight excluding hydrogens is 182 g/mol. The van der Waals surface area contributed by atoms with E-state index < -0.39 is 18.0 Å². The van der Waals surface area contributed by atoms with Gasteiger partial charge in [-0.3, -0.25) is 0 Å².